The first-order valence-corrected chi connectivity index (χ1v) is 8.41. The van der Waals surface area contributed by atoms with Crippen LogP contribution in [-0.4, -0.2) is 29.5 Å². The maximum atomic E-state index is 12.3. The van der Waals surface area contributed by atoms with Gasteiger partial charge in [0, 0.05) is 24.2 Å². The third-order valence-corrected chi connectivity index (χ3v) is 5.06. The van der Waals surface area contributed by atoms with Crippen LogP contribution in [0.2, 0.25) is 0 Å². The van der Waals surface area contributed by atoms with E-state index in [1.54, 1.807) is 18.2 Å². The third-order valence-electron chi connectivity index (χ3n) is 5.06. The monoisotopic (exact) mass is 353 g/mol. The van der Waals surface area contributed by atoms with E-state index in [1.165, 1.54) is 31.7 Å². The number of carbonyl (C=O) groups excluding carboxylic acids is 1. The number of amides is 1. The van der Waals surface area contributed by atoms with Gasteiger partial charge in [0.25, 0.3) is 5.69 Å². The Bertz CT molecular complexity index is 582. The third kappa shape index (κ3) is 4.24. The van der Waals surface area contributed by atoms with Crippen LogP contribution in [0.1, 0.15) is 37.7 Å². The van der Waals surface area contributed by atoms with Gasteiger partial charge < -0.3 is 10.6 Å². The zero-order valence-electron chi connectivity index (χ0n) is 13.6. The normalized spacial score (nSPS) is 25.4. The summed E-state index contributed by atoms with van der Waals surface area (Å²) in [4.78, 5) is 22.9. The summed E-state index contributed by atoms with van der Waals surface area (Å²) in [5, 5.41) is 17.4. The molecule has 1 aromatic carbocycles. The second-order valence-corrected chi connectivity index (χ2v) is 6.53. The molecule has 1 saturated carbocycles. The maximum Gasteiger partial charge on any atom is 0.272 e. The van der Waals surface area contributed by atoms with E-state index < -0.39 is 0 Å². The minimum absolute atomic E-state index is 0. The lowest BCUT2D eigenvalue weighted by molar-refractivity contribution is -0.385. The van der Waals surface area contributed by atoms with Crippen LogP contribution >= 0.6 is 12.4 Å². The van der Waals surface area contributed by atoms with Crippen molar-refractivity contribution in [3.63, 3.8) is 0 Å². The summed E-state index contributed by atoms with van der Waals surface area (Å²) < 4.78 is 0. The highest BCUT2D eigenvalue weighted by Crippen LogP contribution is 2.33. The molecule has 132 valence electrons. The Hall–Kier alpha value is -1.66. The molecule has 0 radical (unpaired) electrons. The van der Waals surface area contributed by atoms with Crippen LogP contribution in [-0.2, 0) is 11.2 Å². The van der Waals surface area contributed by atoms with E-state index in [-0.39, 0.29) is 35.0 Å². The van der Waals surface area contributed by atoms with Crippen molar-refractivity contribution in [3.05, 3.63) is 39.9 Å². The molecular weight excluding hydrogens is 330 g/mol. The molecule has 24 heavy (non-hydrogen) atoms. The van der Waals surface area contributed by atoms with Crippen molar-refractivity contribution in [2.75, 3.05) is 6.54 Å². The molecule has 0 aromatic heterocycles. The quantitative estimate of drug-likeness (QED) is 0.629. The Morgan fingerprint density at radius 2 is 2.04 bits per heavy atom. The predicted octanol–water partition coefficient (Wildman–Crippen LogP) is 2.60. The van der Waals surface area contributed by atoms with E-state index in [0.717, 1.165) is 6.42 Å². The SMILES string of the molecule is Cl.O=C(NCCc1ccccc1[N+](=O)[O-])C1CC2CCCCC2N1. The van der Waals surface area contributed by atoms with Crippen LogP contribution < -0.4 is 10.6 Å². The van der Waals surface area contributed by atoms with Crippen molar-refractivity contribution in [1.82, 2.24) is 10.6 Å². The Morgan fingerprint density at radius 1 is 1.29 bits per heavy atom. The van der Waals surface area contributed by atoms with Gasteiger partial charge in [0.05, 0.1) is 11.0 Å². The Labute approximate surface area is 148 Å². The summed E-state index contributed by atoms with van der Waals surface area (Å²) >= 11 is 0. The molecule has 1 aliphatic heterocycles. The van der Waals surface area contributed by atoms with Gasteiger partial charge in [-0.05, 0) is 31.6 Å². The zero-order chi connectivity index (χ0) is 16.2. The first-order valence-electron chi connectivity index (χ1n) is 8.41. The molecule has 1 saturated heterocycles. The summed E-state index contributed by atoms with van der Waals surface area (Å²) in [6.07, 6.45) is 6.31. The number of rotatable bonds is 5. The average molecular weight is 354 g/mol. The van der Waals surface area contributed by atoms with Crippen LogP contribution in [0.15, 0.2) is 24.3 Å². The van der Waals surface area contributed by atoms with Gasteiger partial charge in [0.2, 0.25) is 5.91 Å². The molecule has 1 aliphatic carbocycles. The van der Waals surface area contributed by atoms with Crippen molar-refractivity contribution < 1.29 is 9.72 Å². The van der Waals surface area contributed by atoms with Gasteiger partial charge in [-0.3, -0.25) is 14.9 Å². The number of nitro groups is 1. The molecule has 2 aliphatic rings. The number of nitrogens with one attached hydrogen (secondary N) is 2. The van der Waals surface area contributed by atoms with Gasteiger partial charge in [-0.1, -0.05) is 31.0 Å². The fourth-order valence-corrected chi connectivity index (χ4v) is 3.87. The molecule has 2 fully saturated rings. The zero-order valence-corrected chi connectivity index (χ0v) is 14.4. The molecular formula is C17H24ClN3O3. The van der Waals surface area contributed by atoms with Gasteiger partial charge >= 0.3 is 0 Å². The molecule has 3 unspecified atom stereocenters. The van der Waals surface area contributed by atoms with Crippen LogP contribution in [0.4, 0.5) is 5.69 Å². The van der Waals surface area contributed by atoms with Crippen molar-refractivity contribution in [1.29, 1.82) is 0 Å². The Morgan fingerprint density at radius 3 is 2.79 bits per heavy atom. The molecule has 0 bridgehead atoms. The molecule has 1 aromatic rings. The van der Waals surface area contributed by atoms with Gasteiger partial charge in [0.1, 0.15) is 0 Å². The summed E-state index contributed by atoms with van der Waals surface area (Å²) in [6, 6.07) is 7.08. The standard InChI is InChI=1S/C17H23N3O3.ClH/c21-17(15-11-13-6-1-3-7-14(13)19-15)18-10-9-12-5-2-4-8-16(12)20(22)23;/h2,4-5,8,13-15,19H,1,3,6-7,9-11H2,(H,18,21);1H. The molecule has 2 N–H and O–H groups in total. The van der Waals surface area contributed by atoms with E-state index in [9.17, 15) is 14.9 Å². The first kappa shape index (κ1) is 18.7. The van der Waals surface area contributed by atoms with E-state index in [2.05, 4.69) is 10.6 Å². The minimum atomic E-state index is -0.375. The highest BCUT2D eigenvalue weighted by molar-refractivity contribution is 5.85. The van der Waals surface area contributed by atoms with Crippen molar-refractivity contribution >= 4 is 24.0 Å². The average Bonchev–Trinajstić information content (AvgIpc) is 2.99. The van der Waals surface area contributed by atoms with Gasteiger partial charge in [-0.15, -0.1) is 12.4 Å². The van der Waals surface area contributed by atoms with Crippen molar-refractivity contribution in [2.24, 2.45) is 5.92 Å². The number of hydrogen-bond acceptors (Lipinski definition) is 4. The molecule has 3 atom stereocenters. The number of benzene rings is 1. The summed E-state index contributed by atoms with van der Waals surface area (Å²) in [5.41, 5.74) is 0.776. The second-order valence-electron chi connectivity index (χ2n) is 6.53. The van der Waals surface area contributed by atoms with Crippen molar-refractivity contribution in [2.45, 2.75) is 50.6 Å². The van der Waals surface area contributed by atoms with E-state index in [1.807, 2.05) is 0 Å². The van der Waals surface area contributed by atoms with E-state index in [0.29, 0.717) is 30.5 Å². The fraction of sp³-hybridized carbons (Fsp3) is 0.588. The lowest BCUT2D eigenvalue weighted by atomic mass is 9.85. The van der Waals surface area contributed by atoms with Crippen LogP contribution in [0, 0.1) is 16.0 Å². The summed E-state index contributed by atoms with van der Waals surface area (Å²) in [7, 11) is 0. The first-order chi connectivity index (χ1) is 11.1. The van der Waals surface area contributed by atoms with Crippen LogP contribution in [0.25, 0.3) is 0 Å². The molecule has 7 heteroatoms. The topological polar surface area (TPSA) is 84.3 Å². The van der Waals surface area contributed by atoms with Gasteiger partial charge in [-0.2, -0.15) is 0 Å². The molecule has 3 rings (SSSR count). The molecule has 0 spiro atoms. The number of carbonyl (C=O) groups is 1. The molecule has 1 heterocycles. The maximum absolute atomic E-state index is 12.3. The lowest BCUT2D eigenvalue weighted by Crippen LogP contribution is -2.43. The smallest absolute Gasteiger partial charge is 0.272 e. The molecule has 6 nitrogen and oxygen atoms in total. The van der Waals surface area contributed by atoms with Gasteiger partial charge in [-0.25, -0.2) is 0 Å². The van der Waals surface area contributed by atoms with Gasteiger partial charge in [0.15, 0.2) is 0 Å². The number of nitro benzene ring substituents is 1. The largest absolute Gasteiger partial charge is 0.354 e. The minimum Gasteiger partial charge on any atom is -0.354 e. The Balaban J connectivity index is 0.00000208. The van der Waals surface area contributed by atoms with E-state index >= 15 is 0 Å². The Kier molecular flexibility index (Phi) is 6.57. The number of hydrogen-bond donors (Lipinski definition) is 2. The summed E-state index contributed by atoms with van der Waals surface area (Å²) in [6.45, 7) is 0.428. The van der Waals surface area contributed by atoms with E-state index in [4.69, 9.17) is 0 Å². The number of fused-ring (bicyclic) bond motifs is 1. The van der Waals surface area contributed by atoms with Crippen LogP contribution in [0.3, 0.4) is 0 Å². The second kappa shape index (κ2) is 8.44. The van der Waals surface area contributed by atoms with Crippen molar-refractivity contribution in [3.8, 4) is 0 Å². The predicted molar refractivity (Wildman–Crippen MR) is 94.3 cm³/mol. The summed E-state index contributed by atoms with van der Waals surface area (Å²) in [5.74, 6) is 0.660. The molecule has 1 amide bonds. The highest BCUT2D eigenvalue weighted by Gasteiger charge is 2.37. The number of halogens is 1. The highest BCUT2D eigenvalue weighted by atomic mass is 35.5. The number of nitrogens with zero attached hydrogens (tertiary/aromatic N) is 1. The fourth-order valence-electron chi connectivity index (χ4n) is 3.87. The lowest BCUT2D eigenvalue weighted by Gasteiger charge is -2.24. The number of para-hydroxylation sites is 1. The van der Waals surface area contributed by atoms with Crippen LogP contribution in [0.5, 0.6) is 0 Å².